The van der Waals surface area contributed by atoms with Crippen LogP contribution in [-0.2, 0) is 4.74 Å². The predicted octanol–water partition coefficient (Wildman–Crippen LogP) is 2.93. The monoisotopic (exact) mass is 320 g/mol. The number of piperidine rings is 1. The topological polar surface area (TPSA) is 58.6 Å². The van der Waals surface area contributed by atoms with Gasteiger partial charge in [0.05, 0.1) is 0 Å². The Balaban J connectivity index is 2.06. The largest absolute Gasteiger partial charge is 0.444 e. The van der Waals surface area contributed by atoms with Gasteiger partial charge in [-0.2, -0.15) is 0 Å². The highest BCUT2D eigenvalue weighted by molar-refractivity contribution is 5.68. The molecular formula is C17H28N4O2. The molecule has 0 saturated carbocycles. The second-order valence-corrected chi connectivity index (χ2v) is 7.28. The molecule has 2 rings (SSSR count). The number of anilines is 1. The summed E-state index contributed by atoms with van der Waals surface area (Å²) >= 11 is 0. The van der Waals surface area contributed by atoms with Crippen LogP contribution in [0, 0.1) is 13.8 Å². The zero-order chi connectivity index (χ0) is 17.2. The summed E-state index contributed by atoms with van der Waals surface area (Å²) in [5, 5.41) is 0. The van der Waals surface area contributed by atoms with E-state index in [2.05, 4.69) is 14.9 Å². The first-order valence-corrected chi connectivity index (χ1v) is 8.19. The van der Waals surface area contributed by atoms with Gasteiger partial charge in [0, 0.05) is 37.6 Å². The smallest absolute Gasteiger partial charge is 0.410 e. The molecule has 1 amide bonds. The summed E-state index contributed by atoms with van der Waals surface area (Å²) in [6, 6.07) is 2.17. The van der Waals surface area contributed by atoms with Gasteiger partial charge in [0.1, 0.15) is 5.60 Å². The van der Waals surface area contributed by atoms with Crippen LogP contribution in [0.4, 0.5) is 10.7 Å². The van der Waals surface area contributed by atoms with Gasteiger partial charge < -0.3 is 14.5 Å². The quantitative estimate of drug-likeness (QED) is 0.838. The SMILES string of the molecule is Cc1cc(C)nc(N(C)[C@H]2CCCN(C(=O)OC(C)(C)C)C2)n1. The lowest BCUT2D eigenvalue weighted by molar-refractivity contribution is 0.0199. The van der Waals surface area contributed by atoms with Gasteiger partial charge in [-0.25, -0.2) is 14.8 Å². The molecule has 0 N–H and O–H groups in total. The minimum absolute atomic E-state index is 0.206. The molecule has 1 atom stereocenters. The molecule has 1 aromatic rings. The van der Waals surface area contributed by atoms with E-state index in [4.69, 9.17) is 4.74 Å². The second-order valence-electron chi connectivity index (χ2n) is 7.28. The first-order valence-electron chi connectivity index (χ1n) is 8.19. The van der Waals surface area contributed by atoms with Gasteiger partial charge >= 0.3 is 6.09 Å². The Kier molecular flexibility index (Phi) is 5.12. The third-order valence-electron chi connectivity index (χ3n) is 3.88. The number of rotatable bonds is 2. The van der Waals surface area contributed by atoms with Crippen LogP contribution in [0.3, 0.4) is 0 Å². The molecule has 1 saturated heterocycles. The highest BCUT2D eigenvalue weighted by atomic mass is 16.6. The van der Waals surface area contributed by atoms with Crippen molar-refractivity contribution in [3.05, 3.63) is 17.5 Å². The molecule has 0 aromatic carbocycles. The molecule has 6 heteroatoms. The molecule has 0 spiro atoms. The molecule has 0 radical (unpaired) electrons. The van der Waals surface area contributed by atoms with Crippen LogP contribution in [0.1, 0.15) is 45.0 Å². The standard InChI is InChI=1S/C17H28N4O2/c1-12-10-13(2)19-15(18-12)20(6)14-8-7-9-21(11-14)16(22)23-17(3,4)5/h10,14H,7-9,11H2,1-6H3/t14-/m0/s1. The van der Waals surface area contributed by atoms with Crippen LogP contribution in [0.25, 0.3) is 0 Å². The van der Waals surface area contributed by atoms with E-state index in [-0.39, 0.29) is 12.1 Å². The zero-order valence-corrected chi connectivity index (χ0v) is 15.1. The Morgan fingerprint density at radius 3 is 2.48 bits per heavy atom. The number of hydrogen-bond acceptors (Lipinski definition) is 5. The minimum Gasteiger partial charge on any atom is -0.444 e. The zero-order valence-electron chi connectivity index (χ0n) is 15.1. The highest BCUT2D eigenvalue weighted by Crippen LogP contribution is 2.21. The fraction of sp³-hybridized carbons (Fsp3) is 0.706. The van der Waals surface area contributed by atoms with Gasteiger partial charge in [-0.15, -0.1) is 0 Å². The number of carbonyl (C=O) groups excluding carboxylic acids is 1. The molecule has 128 valence electrons. The highest BCUT2D eigenvalue weighted by Gasteiger charge is 2.30. The first kappa shape index (κ1) is 17.5. The van der Waals surface area contributed by atoms with Crippen LogP contribution in [-0.4, -0.2) is 52.7 Å². The van der Waals surface area contributed by atoms with E-state index in [1.165, 1.54) is 0 Å². The summed E-state index contributed by atoms with van der Waals surface area (Å²) in [5.74, 6) is 0.721. The van der Waals surface area contributed by atoms with E-state index in [0.29, 0.717) is 6.54 Å². The van der Waals surface area contributed by atoms with Crippen LogP contribution in [0.2, 0.25) is 0 Å². The van der Waals surface area contributed by atoms with Crippen molar-refractivity contribution in [2.45, 2.75) is 59.1 Å². The minimum atomic E-state index is -0.466. The first-order chi connectivity index (χ1) is 10.7. The summed E-state index contributed by atoms with van der Waals surface area (Å²) in [4.78, 5) is 25.2. The molecule has 0 bridgehead atoms. The molecule has 1 aromatic heterocycles. The number of ether oxygens (including phenoxy) is 1. The van der Waals surface area contributed by atoms with Crippen molar-refractivity contribution in [3.8, 4) is 0 Å². The van der Waals surface area contributed by atoms with Gasteiger partial charge in [-0.05, 0) is 53.5 Å². The second kappa shape index (κ2) is 6.72. The fourth-order valence-corrected chi connectivity index (χ4v) is 2.79. The Morgan fingerprint density at radius 1 is 1.30 bits per heavy atom. The molecule has 6 nitrogen and oxygen atoms in total. The van der Waals surface area contributed by atoms with Crippen molar-refractivity contribution in [2.75, 3.05) is 25.0 Å². The van der Waals surface area contributed by atoms with E-state index in [0.717, 1.165) is 36.7 Å². The van der Waals surface area contributed by atoms with Crippen molar-refractivity contribution in [3.63, 3.8) is 0 Å². The summed E-state index contributed by atoms with van der Waals surface area (Å²) < 4.78 is 5.49. The number of likely N-dealkylation sites (N-methyl/N-ethyl adjacent to an activating group) is 1. The summed E-state index contributed by atoms with van der Waals surface area (Å²) in [6.45, 7) is 11.0. The average molecular weight is 320 g/mol. The van der Waals surface area contributed by atoms with Crippen molar-refractivity contribution in [2.24, 2.45) is 0 Å². The van der Waals surface area contributed by atoms with Gasteiger partial charge in [-0.1, -0.05) is 0 Å². The van der Waals surface area contributed by atoms with Crippen molar-refractivity contribution in [1.82, 2.24) is 14.9 Å². The lowest BCUT2D eigenvalue weighted by atomic mass is 10.1. The summed E-state index contributed by atoms with van der Waals surface area (Å²) in [5.41, 5.74) is 1.45. The molecule has 23 heavy (non-hydrogen) atoms. The van der Waals surface area contributed by atoms with E-state index in [9.17, 15) is 4.79 Å². The Labute approximate surface area is 138 Å². The predicted molar refractivity (Wildman–Crippen MR) is 90.7 cm³/mol. The van der Waals surface area contributed by atoms with Gasteiger partial charge in [0.25, 0.3) is 0 Å². The van der Waals surface area contributed by atoms with Crippen molar-refractivity contribution in [1.29, 1.82) is 0 Å². The Bertz CT molecular complexity index is 548. The summed E-state index contributed by atoms with van der Waals surface area (Å²) in [7, 11) is 2.00. The maximum atomic E-state index is 12.3. The third kappa shape index (κ3) is 4.81. The maximum absolute atomic E-state index is 12.3. The Morgan fingerprint density at radius 2 is 1.91 bits per heavy atom. The number of aryl methyl sites for hydroxylation is 2. The normalized spacial score (nSPS) is 18.7. The number of amides is 1. The van der Waals surface area contributed by atoms with Crippen LogP contribution in [0.15, 0.2) is 6.07 Å². The summed E-state index contributed by atoms with van der Waals surface area (Å²) in [6.07, 6.45) is 1.74. The number of aromatic nitrogens is 2. The molecular weight excluding hydrogens is 292 g/mol. The molecule has 1 aliphatic rings. The van der Waals surface area contributed by atoms with Crippen LogP contribution in [0.5, 0.6) is 0 Å². The lowest BCUT2D eigenvalue weighted by Crippen LogP contribution is -2.50. The number of likely N-dealkylation sites (tertiary alicyclic amines) is 1. The van der Waals surface area contributed by atoms with E-state index in [1.807, 2.05) is 47.7 Å². The van der Waals surface area contributed by atoms with Crippen LogP contribution >= 0.6 is 0 Å². The number of hydrogen-bond donors (Lipinski definition) is 0. The van der Waals surface area contributed by atoms with Gasteiger partial charge in [0.2, 0.25) is 5.95 Å². The van der Waals surface area contributed by atoms with Crippen molar-refractivity contribution < 1.29 is 9.53 Å². The third-order valence-corrected chi connectivity index (χ3v) is 3.88. The van der Waals surface area contributed by atoms with Gasteiger partial charge in [0.15, 0.2) is 0 Å². The molecule has 0 unspecified atom stereocenters. The van der Waals surface area contributed by atoms with E-state index < -0.39 is 5.60 Å². The van der Waals surface area contributed by atoms with Crippen LogP contribution < -0.4 is 4.90 Å². The van der Waals surface area contributed by atoms with E-state index in [1.54, 1.807) is 4.90 Å². The molecule has 2 heterocycles. The lowest BCUT2D eigenvalue weighted by Gasteiger charge is -2.38. The average Bonchev–Trinajstić information content (AvgIpc) is 2.44. The van der Waals surface area contributed by atoms with Crippen molar-refractivity contribution >= 4 is 12.0 Å². The maximum Gasteiger partial charge on any atom is 0.410 e. The molecule has 1 fully saturated rings. The molecule has 1 aliphatic heterocycles. The Hall–Kier alpha value is -1.85. The van der Waals surface area contributed by atoms with Gasteiger partial charge in [-0.3, -0.25) is 0 Å². The molecule has 0 aliphatic carbocycles. The fourth-order valence-electron chi connectivity index (χ4n) is 2.79. The number of nitrogens with zero attached hydrogens (tertiary/aromatic N) is 4. The van der Waals surface area contributed by atoms with E-state index >= 15 is 0 Å². The number of carbonyl (C=O) groups is 1.